The second-order valence-corrected chi connectivity index (χ2v) is 7.03. The lowest BCUT2D eigenvalue weighted by Crippen LogP contribution is -2.37. The molecule has 0 unspecified atom stereocenters. The molecule has 0 saturated carbocycles. The predicted octanol–water partition coefficient (Wildman–Crippen LogP) is 2.21. The number of nitrogens with zero attached hydrogens (tertiary/aromatic N) is 4. The molecule has 2 heterocycles. The molecule has 0 radical (unpaired) electrons. The summed E-state index contributed by atoms with van der Waals surface area (Å²) in [6, 6.07) is 7.89. The van der Waals surface area contributed by atoms with Crippen molar-refractivity contribution in [1.29, 1.82) is 0 Å². The second-order valence-electron chi connectivity index (χ2n) is 7.03. The van der Waals surface area contributed by atoms with Crippen molar-refractivity contribution in [2.45, 2.75) is 19.4 Å². The zero-order valence-electron chi connectivity index (χ0n) is 16.7. The molecule has 10 heteroatoms. The van der Waals surface area contributed by atoms with E-state index in [-0.39, 0.29) is 43.2 Å². The first-order valence-electron chi connectivity index (χ1n) is 9.31. The highest BCUT2D eigenvalue weighted by Crippen LogP contribution is 2.23. The largest absolute Gasteiger partial charge is 0.481 e. The van der Waals surface area contributed by atoms with Gasteiger partial charge in [-0.1, -0.05) is 18.2 Å². The number of rotatable bonds is 6. The van der Waals surface area contributed by atoms with E-state index >= 15 is 0 Å². The molecule has 1 aromatic heterocycles. The monoisotopic (exact) mass is 455 g/mol. The predicted molar refractivity (Wildman–Crippen MR) is 120 cm³/mol. The van der Waals surface area contributed by atoms with Crippen LogP contribution >= 0.6 is 24.8 Å². The number of aliphatic carboxylic acids is 1. The van der Waals surface area contributed by atoms with Crippen molar-refractivity contribution in [3.8, 4) is 11.1 Å². The number of hydrogen-bond acceptors (Lipinski definition) is 6. The Hall–Kier alpha value is -2.42. The van der Waals surface area contributed by atoms with Crippen LogP contribution in [0.4, 0.5) is 5.95 Å². The average Bonchev–Trinajstić information content (AvgIpc) is 2.73. The third-order valence-corrected chi connectivity index (χ3v) is 5.05. The first kappa shape index (κ1) is 25.6. The number of piperidine rings is 1. The maximum atomic E-state index is 11.7. The summed E-state index contributed by atoms with van der Waals surface area (Å²) in [5.41, 5.74) is 8.27. The molecule has 1 amide bonds. The van der Waals surface area contributed by atoms with E-state index in [1.807, 2.05) is 29.2 Å². The Morgan fingerprint density at radius 2 is 1.80 bits per heavy atom. The molecule has 1 saturated heterocycles. The maximum absolute atomic E-state index is 11.7. The van der Waals surface area contributed by atoms with E-state index < -0.39 is 5.97 Å². The first-order valence-corrected chi connectivity index (χ1v) is 9.31. The quantitative estimate of drug-likeness (QED) is 0.685. The molecular formula is C20H27Cl2N5O3. The molecule has 1 fully saturated rings. The molecule has 2 aromatic rings. The van der Waals surface area contributed by atoms with E-state index in [0.717, 1.165) is 16.7 Å². The van der Waals surface area contributed by atoms with Crippen molar-refractivity contribution in [2.24, 2.45) is 11.7 Å². The van der Waals surface area contributed by atoms with E-state index in [1.54, 1.807) is 24.3 Å². The summed E-state index contributed by atoms with van der Waals surface area (Å²) in [7, 11) is 1.73. The van der Waals surface area contributed by atoms with E-state index in [2.05, 4.69) is 9.97 Å². The molecule has 0 atom stereocenters. The van der Waals surface area contributed by atoms with Crippen molar-refractivity contribution in [3.05, 3.63) is 42.2 Å². The lowest BCUT2D eigenvalue weighted by molar-refractivity contribution is -0.142. The molecule has 1 aliphatic rings. The fourth-order valence-corrected chi connectivity index (χ4v) is 3.33. The number of hydrogen-bond donors (Lipinski definition) is 2. The van der Waals surface area contributed by atoms with Gasteiger partial charge >= 0.3 is 5.97 Å². The van der Waals surface area contributed by atoms with E-state index in [4.69, 9.17) is 10.8 Å². The van der Waals surface area contributed by atoms with Crippen LogP contribution in [0, 0.1) is 5.92 Å². The lowest BCUT2D eigenvalue weighted by atomic mass is 9.97. The van der Waals surface area contributed by atoms with Crippen LogP contribution in [0.5, 0.6) is 0 Å². The van der Waals surface area contributed by atoms with Gasteiger partial charge in [-0.25, -0.2) is 9.97 Å². The number of carbonyl (C=O) groups is 2. The highest BCUT2D eigenvalue weighted by molar-refractivity contribution is 5.85. The molecule has 3 rings (SSSR count). The van der Waals surface area contributed by atoms with Crippen molar-refractivity contribution < 1.29 is 14.7 Å². The molecule has 3 N–H and O–H groups in total. The highest BCUT2D eigenvalue weighted by atomic mass is 35.5. The standard InChI is InChI=1S/C20H25N5O3.2ClH/c1-24(18(26)10-21)13-14-3-2-4-16(9-14)17-11-22-20(23-12-17)25-7-5-15(6-8-25)19(27)28;;/h2-4,9,11-12,15H,5-8,10,13,21H2,1H3,(H,27,28);2*1H. The first-order chi connectivity index (χ1) is 13.5. The Morgan fingerprint density at radius 1 is 1.17 bits per heavy atom. The summed E-state index contributed by atoms with van der Waals surface area (Å²) < 4.78 is 0. The van der Waals surface area contributed by atoms with Crippen LogP contribution < -0.4 is 10.6 Å². The minimum atomic E-state index is -0.727. The van der Waals surface area contributed by atoms with Crippen LogP contribution in [0.15, 0.2) is 36.7 Å². The third kappa shape index (κ3) is 6.29. The zero-order chi connectivity index (χ0) is 20.1. The van der Waals surface area contributed by atoms with Crippen LogP contribution in [-0.2, 0) is 16.1 Å². The second kappa shape index (κ2) is 11.7. The van der Waals surface area contributed by atoms with Gasteiger partial charge in [0.1, 0.15) is 0 Å². The van der Waals surface area contributed by atoms with Gasteiger partial charge in [0.15, 0.2) is 0 Å². The Balaban J connectivity index is 0.00000225. The Bertz CT molecular complexity index is 843. The summed E-state index contributed by atoms with van der Waals surface area (Å²) in [5, 5.41) is 9.10. The summed E-state index contributed by atoms with van der Waals surface area (Å²) in [6.45, 7) is 1.77. The molecular weight excluding hydrogens is 429 g/mol. The van der Waals surface area contributed by atoms with E-state index in [0.29, 0.717) is 38.4 Å². The molecule has 0 aliphatic carbocycles. The van der Waals surface area contributed by atoms with Gasteiger partial charge in [-0.2, -0.15) is 0 Å². The molecule has 1 aromatic carbocycles. The van der Waals surface area contributed by atoms with Gasteiger partial charge in [0.2, 0.25) is 11.9 Å². The zero-order valence-corrected chi connectivity index (χ0v) is 18.4. The number of likely N-dealkylation sites (N-methyl/N-ethyl adjacent to an activating group) is 1. The summed E-state index contributed by atoms with van der Waals surface area (Å²) in [4.78, 5) is 35.3. The lowest BCUT2D eigenvalue weighted by Gasteiger charge is -2.30. The van der Waals surface area contributed by atoms with Gasteiger partial charge in [-0.3, -0.25) is 9.59 Å². The third-order valence-electron chi connectivity index (χ3n) is 5.05. The van der Waals surface area contributed by atoms with Gasteiger partial charge < -0.3 is 20.6 Å². The number of amides is 1. The molecule has 164 valence electrons. The summed E-state index contributed by atoms with van der Waals surface area (Å²) in [6.07, 6.45) is 4.77. The molecule has 8 nitrogen and oxygen atoms in total. The normalized spacial score (nSPS) is 13.7. The SMILES string of the molecule is CN(Cc1cccc(-c2cnc(N3CCC(C(=O)O)CC3)nc2)c1)C(=O)CN.Cl.Cl. The number of carboxylic acids is 1. The number of aromatic nitrogens is 2. The topological polar surface area (TPSA) is 113 Å². The fraction of sp³-hybridized carbons (Fsp3) is 0.400. The van der Waals surface area contributed by atoms with E-state index in [1.165, 1.54) is 0 Å². The summed E-state index contributed by atoms with van der Waals surface area (Å²) >= 11 is 0. The number of carbonyl (C=O) groups excluding carboxylic acids is 1. The van der Waals surface area contributed by atoms with Crippen molar-refractivity contribution in [1.82, 2.24) is 14.9 Å². The van der Waals surface area contributed by atoms with Crippen LogP contribution in [0.1, 0.15) is 18.4 Å². The van der Waals surface area contributed by atoms with Crippen molar-refractivity contribution >= 4 is 42.6 Å². The number of carboxylic acid groups (broad SMARTS) is 1. The molecule has 0 bridgehead atoms. The number of anilines is 1. The van der Waals surface area contributed by atoms with Crippen molar-refractivity contribution in [3.63, 3.8) is 0 Å². The Kier molecular flexibility index (Phi) is 9.98. The minimum absolute atomic E-state index is 0. The number of benzene rings is 1. The number of halogens is 2. The van der Waals surface area contributed by atoms with Crippen LogP contribution in [0.25, 0.3) is 11.1 Å². The molecule has 0 spiro atoms. The van der Waals surface area contributed by atoms with Crippen molar-refractivity contribution in [2.75, 3.05) is 31.6 Å². The maximum Gasteiger partial charge on any atom is 0.306 e. The average molecular weight is 456 g/mol. The van der Waals surface area contributed by atoms with Gasteiger partial charge in [-0.15, -0.1) is 24.8 Å². The minimum Gasteiger partial charge on any atom is -0.481 e. The Morgan fingerprint density at radius 3 is 2.37 bits per heavy atom. The Labute approximate surface area is 188 Å². The highest BCUT2D eigenvalue weighted by Gasteiger charge is 2.25. The number of nitrogens with two attached hydrogens (primary N) is 1. The summed E-state index contributed by atoms with van der Waals surface area (Å²) in [5.74, 6) is -0.487. The van der Waals surface area contributed by atoms with E-state index in [9.17, 15) is 9.59 Å². The van der Waals surface area contributed by atoms with Gasteiger partial charge in [-0.05, 0) is 30.0 Å². The molecule has 30 heavy (non-hydrogen) atoms. The van der Waals surface area contributed by atoms with Gasteiger partial charge in [0, 0.05) is 44.6 Å². The van der Waals surface area contributed by atoms with Crippen LogP contribution in [-0.4, -0.2) is 58.5 Å². The molecule has 1 aliphatic heterocycles. The smallest absolute Gasteiger partial charge is 0.306 e. The van der Waals surface area contributed by atoms with Gasteiger partial charge in [0.25, 0.3) is 0 Å². The van der Waals surface area contributed by atoms with Crippen LogP contribution in [0.3, 0.4) is 0 Å². The van der Waals surface area contributed by atoms with Gasteiger partial charge in [0.05, 0.1) is 12.5 Å². The fourth-order valence-electron chi connectivity index (χ4n) is 3.33. The van der Waals surface area contributed by atoms with Crippen LogP contribution in [0.2, 0.25) is 0 Å².